The van der Waals surface area contributed by atoms with Crippen LogP contribution < -0.4 is 4.72 Å². The van der Waals surface area contributed by atoms with Crippen LogP contribution in [0.25, 0.3) is 0 Å². The van der Waals surface area contributed by atoms with Gasteiger partial charge in [0.2, 0.25) is 10.0 Å². The van der Waals surface area contributed by atoms with Crippen LogP contribution in [0.5, 0.6) is 0 Å². The lowest BCUT2D eigenvalue weighted by Gasteiger charge is -2.17. The van der Waals surface area contributed by atoms with Crippen LogP contribution in [-0.4, -0.2) is 20.7 Å². The first-order valence-electron chi connectivity index (χ1n) is 3.88. The molecular formula is C7H17NO2S. The number of nitrogens with one attached hydrogen (secondary N) is 1. The van der Waals surface area contributed by atoms with Crippen LogP contribution in [0.3, 0.4) is 0 Å². The summed E-state index contributed by atoms with van der Waals surface area (Å²) in [5, 5.41) is -0.294. The van der Waals surface area contributed by atoms with Gasteiger partial charge in [0.15, 0.2) is 0 Å². The third-order valence-electron chi connectivity index (χ3n) is 2.22. The van der Waals surface area contributed by atoms with E-state index in [1.165, 1.54) is 7.05 Å². The minimum Gasteiger partial charge on any atom is -0.218 e. The van der Waals surface area contributed by atoms with Gasteiger partial charge in [-0.25, -0.2) is 13.1 Å². The second kappa shape index (κ2) is 4.07. The van der Waals surface area contributed by atoms with E-state index >= 15 is 0 Å². The molecule has 0 amide bonds. The monoisotopic (exact) mass is 179 g/mol. The molecule has 0 rings (SSSR count). The van der Waals surface area contributed by atoms with Gasteiger partial charge in [0.25, 0.3) is 0 Å². The van der Waals surface area contributed by atoms with E-state index in [4.69, 9.17) is 0 Å². The molecule has 0 bridgehead atoms. The predicted molar refractivity (Wildman–Crippen MR) is 46.9 cm³/mol. The molecule has 0 aliphatic rings. The lowest BCUT2D eigenvalue weighted by Crippen LogP contribution is -2.33. The largest absolute Gasteiger partial charge is 0.218 e. The smallest absolute Gasteiger partial charge is 0.214 e. The topological polar surface area (TPSA) is 46.2 Å². The standard InChI is InChI=1S/C7H17NO2S/c1-5-6(2)7(3)11(9,10)8-4/h6-8H,5H2,1-4H3. The first-order valence-corrected chi connectivity index (χ1v) is 5.42. The molecule has 1 N–H and O–H groups in total. The van der Waals surface area contributed by atoms with Crippen molar-refractivity contribution in [1.29, 1.82) is 0 Å². The van der Waals surface area contributed by atoms with Crippen molar-refractivity contribution < 1.29 is 8.42 Å². The molecule has 0 spiro atoms. The molecular weight excluding hydrogens is 162 g/mol. The van der Waals surface area contributed by atoms with Gasteiger partial charge in [0.05, 0.1) is 5.25 Å². The van der Waals surface area contributed by atoms with Gasteiger partial charge < -0.3 is 0 Å². The Morgan fingerprint density at radius 1 is 1.36 bits per heavy atom. The van der Waals surface area contributed by atoms with Crippen molar-refractivity contribution in [1.82, 2.24) is 4.72 Å². The Kier molecular flexibility index (Phi) is 4.03. The highest BCUT2D eigenvalue weighted by Crippen LogP contribution is 2.13. The van der Waals surface area contributed by atoms with Gasteiger partial charge in [0, 0.05) is 0 Å². The summed E-state index contributed by atoms with van der Waals surface area (Å²) in [6.45, 7) is 5.67. The van der Waals surface area contributed by atoms with E-state index in [-0.39, 0.29) is 11.2 Å². The Hall–Kier alpha value is -0.0900. The van der Waals surface area contributed by atoms with E-state index in [0.29, 0.717) is 0 Å². The van der Waals surface area contributed by atoms with E-state index in [1.807, 2.05) is 13.8 Å². The maximum absolute atomic E-state index is 11.2. The third kappa shape index (κ3) is 2.79. The molecule has 0 aromatic heterocycles. The fourth-order valence-electron chi connectivity index (χ4n) is 0.824. The van der Waals surface area contributed by atoms with Gasteiger partial charge in [-0.3, -0.25) is 0 Å². The summed E-state index contributed by atoms with van der Waals surface area (Å²) in [7, 11) is -1.61. The van der Waals surface area contributed by atoms with Crippen LogP contribution in [0.4, 0.5) is 0 Å². The van der Waals surface area contributed by atoms with Crippen LogP contribution in [0.2, 0.25) is 0 Å². The Balaban J connectivity index is 4.36. The molecule has 2 unspecified atom stereocenters. The minimum atomic E-state index is -3.06. The average molecular weight is 179 g/mol. The first kappa shape index (κ1) is 10.9. The molecule has 0 aliphatic heterocycles. The van der Waals surface area contributed by atoms with E-state index in [2.05, 4.69) is 4.72 Å². The number of sulfonamides is 1. The van der Waals surface area contributed by atoms with Crippen molar-refractivity contribution in [2.24, 2.45) is 5.92 Å². The molecule has 0 aliphatic carbocycles. The molecule has 0 saturated carbocycles. The fraction of sp³-hybridized carbons (Fsp3) is 1.00. The summed E-state index contributed by atoms with van der Waals surface area (Å²) in [6, 6.07) is 0. The summed E-state index contributed by atoms with van der Waals surface area (Å²) in [5.41, 5.74) is 0. The van der Waals surface area contributed by atoms with E-state index < -0.39 is 10.0 Å². The maximum Gasteiger partial charge on any atom is 0.214 e. The van der Waals surface area contributed by atoms with Crippen LogP contribution >= 0.6 is 0 Å². The molecule has 0 heterocycles. The molecule has 0 fully saturated rings. The maximum atomic E-state index is 11.2. The molecule has 4 heteroatoms. The summed E-state index contributed by atoms with van der Waals surface area (Å²) < 4.78 is 24.7. The normalized spacial score (nSPS) is 17.8. The zero-order chi connectivity index (χ0) is 9.07. The van der Waals surface area contributed by atoms with Crippen molar-refractivity contribution in [3.63, 3.8) is 0 Å². The van der Waals surface area contributed by atoms with Crippen molar-refractivity contribution in [2.75, 3.05) is 7.05 Å². The van der Waals surface area contributed by atoms with Gasteiger partial charge in [0.1, 0.15) is 0 Å². The molecule has 11 heavy (non-hydrogen) atoms. The zero-order valence-electron chi connectivity index (χ0n) is 7.59. The average Bonchev–Trinajstić information content (AvgIpc) is 2.01. The van der Waals surface area contributed by atoms with Gasteiger partial charge >= 0.3 is 0 Å². The van der Waals surface area contributed by atoms with Crippen molar-refractivity contribution >= 4 is 10.0 Å². The summed E-state index contributed by atoms with van der Waals surface area (Å²) >= 11 is 0. The van der Waals surface area contributed by atoms with Gasteiger partial charge in [-0.1, -0.05) is 20.3 Å². The SMILES string of the molecule is CCC(C)C(C)S(=O)(=O)NC. The third-order valence-corrected chi connectivity index (χ3v) is 4.23. The van der Waals surface area contributed by atoms with Gasteiger partial charge in [-0.2, -0.15) is 0 Å². The minimum absolute atomic E-state index is 0.215. The van der Waals surface area contributed by atoms with Gasteiger partial charge in [-0.15, -0.1) is 0 Å². The molecule has 2 atom stereocenters. The molecule has 68 valence electrons. The highest BCUT2D eigenvalue weighted by Gasteiger charge is 2.23. The first-order chi connectivity index (χ1) is 4.95. The Labute approximate surface area is 69.2 Å². The number of hydrogen-bond acceptors (Lipinski definition) is 2. The van der Waals surface area contributed by atoms with Gasteiger partial charge in [-0.05, 0) is 19.9 Å². The molecule has 0 aromatic rings. The number of rotatable bonds is 4. The Bertz CT molecular complexity index is 198. The molecule has 0 saturated heterocycles. The van der Waals surface area contributed by atoms with E-state index in [0.717, 1.165) is 6.42 Å². The van der Waals surface area contributed by atoms with Crippen molar-refractivity contribution in [3.05, 3.63) is 0 Å². The lowest BCUT2D eigenvalue weighted by atomic mass is 10.1. The zero-order valence-corrected chi connectivity index (χ0v) is 8.40. The second-order valence-corrected chi connectivity index (χ2v) is 5.08. The number of hydrogen-bond donors (Lipinski definition) is 1. The quantitative estimate of drug-likeness (QED) is 0.699. The summed E-state index contributed by atoms with van der Waals surface area (Å²) in [4.78, 5) is 0. The lowest BCUT2D eigenvalue weighted by molar-refractivity contribution is 0.505. The van der Waals surface area contributed by atoms with Crippen molar-refractivity contribution in [2.45, 2.75) is 32.4 Å². The van der Waals surface area contributed by atoms with Crippen LogP contribution in [-0.2, 0) is 10.0 Å². The summed E-state index contributed by atoms with van der Waals surface area (Å²) in [6.07, 6.45) is 0.891. The fourth-order valence-corrected chi connectivity index (χ4v) is 2.00. The Morgan fingerprint density at radius 2 is 1.82 bits per heavy atom. The highest BCUT2D eigenvalue weighted by atomic mass is 32.2. The van der Waals surface area contributed by atoms with E-state index in [1.54, 1.807) is 6.92 Å². The van der Waals surface area contributed by atoms with Crippen LogP contribution in [0.1, 0.15) is 27.2 Å². The molecule has 0 aromatic carbocycles. The van der Waals surface area contributed by atoms with E-state index in [9.17, 15) is 8.42 Å². The Morgan fingerprint density at radius 3 is 2.09 bits per heavy atom. The molecule has 0 radical (unpaired) electrons. The summed E-state index contributed by atoms with van der Waals surface area (Å²) in [5.74, 6) is 0.215. The van der Waals surface area contributed by atoms with Crippen molar-refractivity contribution in [3.8, 4) is 0 Å². The highest BCUT2D eigenvalue weighted by molar-refractivity contribution is 7.90. The second-order valence-electron chi connectivity index (χ2n) is 2.84. The predicted octanol–water partition coefficient (Wildman–Crippen LogP) is 0.970. The van der Waals surface area contributed by atoms with Crippen LogP contribution in [0.15, 0.2) is 0 Å². The van der Waals surface area contributed by atoms with Crippen LogP contribution in [0, 0.1) is 5.92 Å². The molecule has 3 nitrogen and oxygen atoms in total.